The van der Waals surface area contributed by atoms with Gasteiger partial charge < -0.3 is 26.2 Å². The maximum atomic E-state index is 12.8. The van der Waals surface area contributed by atoms with E-state index in [1.54, 1.807) is 11.0 Å². The summed E-state index contributed by atoms with van der Waals surface area (Å²) in [6, 6.07) is 5.63. The fourth-order valence-corrected chi connectivity index (χ4v) is 4.20. The minimum atomic E-state index is -0.162. The Kier molecular flexibility index (Phi) is 8.36. The Balaban J connectivity index is 1.46. The van der Waals surface area contributed by atoms with E-state index in [-0.39, 0.29) is 29.9 Å². The molecule has 4 N–H and O–H groups in total. The van der Waals surface area contributed by atoms with Crippen molar-refractivity contribution < 1.29 is 14.4 Å². The first-order chi connectivity index (χ1) is 15.3. The molecule has 32 heavy (non-hydrogen) atoms. The van der Waals surface area contributed by atoms with E-state index < -0.39 is 0 Å². The highest BCUT2D eigenvalue weighted by atomic mass is 16.2. The minimum Gasteiger partial charge on any atom is -0.335 e. The van der Waals surface area contributed by atoms with Crippen LogP contribution in [0.4, 0.5) is 21.0 Å². The highest BCUT2D eigenvalue weighted by Crippen LogP contribution is 2.22. The van der Waals surface area contributed by atoms with Gasteiger partial charge in [0.1, 0.15) is 0 Å². The zero-order chi connectivity index (χ0) is 23.1. The molecule has 0 bridgehead atoms. The number of anilines is 2. The van der Waals surface area contributed by atoms with Crippen molar-refractivity contribution >= 4 is 29.3 Å². The lowest BCUT2D eigenvalue weighted by Gasteiger charge is -2.33. The Labute approximate surface area is 190 Å². The van der Waals surface area contributed by atoms with Gasteiger partial charge in [0.2, 0.25) is 5.91 Å². The minimum absolute atomic E-state index is 0.0618. The summed E-state index contributed by atoms with van der Waals surface area (Å²) >= 11 is 0. The number of piperidine rings is 1. The smallest absolute Gasteiger partial charge is 0.321 e. The van der Waals surface area contributed by atoms with Crippen LogP contribution < -0.4 is 21.3 Å². The number of nitrogens with zero attached hydrogens (tertiary/aromatic N) is 1. The molecule has 3 rings (SSSR count). The fraction of sp³-hybridized carbons (Fsp3) is 0.625. The third kappa shape index (κ3) is 6.87. The van der Waals surface area contributed by atoms with Crippen molar-refractivity contribution in [2.45, 2.75) is 77.8 Å². The standard InChI is InChI=1S/C24H37N5O3/c1-16(2)22(30)25-20-10-9-17(3)21(15-20)28-24(32)29-13-11-19(12-14-29)27-23(31)26-18-7-5-4-6-8-18/h9-10,15-16,18-19H,4-8,11-14H2,1-3H3,(H,25,30)(H,28,32)(H2,26,27,31). The number of amides is 5. The zero-order valence-corrected chi connectivity index (χ0v) is 19.5. The van der Waals surface area contributed by atoms with E-state index in [1.807, 2.05) is 32.9 Å². The zero-order valence-electron chi connectivity index (χ0n) is 19.5. The molecule has 1 aromatic rings. The highest BCUT2D eigenvalue weighted by molar-refractivity contribution is 5.95. The van der Waals surface area contributed by atoms with Crippen LogP contribution in [0.2, 0.25) is 0 Å². The van der Waals surface area contributed by atoms with E-state index in [0.29, 0.717) is 30.5 Å². The van der Waals surface area contributed by atoms with Gasteiger partial charge in [-0.1, -0.05) is 39.2 Å². The van der Waals surface area contributed by atoms with E-state index >= 15 is 0 Å². The van der Waals surface area contributed by atoms with Crippen molar-refractivity contribution in [2.24, 2.45) is 5.92 Å². The van der Waals surface area contributed by atoms with Crippen molar-refractivity contribution in [1.29, 1.82) is 0 Å². The normalized spacial score (nSPS) is 17.7. The summed E-state index contributed by atoms with van der Waals surface area (Å²) in [5, 5.41) is 12.0. The Morgan fingerprint density at radius 2 is 1.53 bits per heavy atom. The molecule has 1 aliphatic carbocycles. The highest BCUT2D eigenvalue weighted by Gasteiger charge is 2.25. The predicted molar refractivity (Wildman–Crippen MR) is 127 cm³/mol. The molecule has 1 aromatic carbocycles. The summed E-state index contributed by atoms with van der Waals surface area (Å²) in [5.41, 5.74) is 2.27. The number of hydrogen-bond acceptors (Lipinski definition) is 3. The largest absolute Gasteiger partial charge is 0.335 e. The van der Waals surface area contributed by atoms with Gasteiger partial charge in [-0.2, -0.15) is 0 Å². The summed E-state index contributed by atoms with van der Waals surface area (Å²) in [4.78, 5) is 38.8. The molecule has 0 aromatic heterocycles. The Hall–Kier alpha value is -2.77. The number of carbonyl (C=O) groups excluding carboxylic acids is 3. The van der Waals surface area contributed by atoms with Crippen LogP contribution in [0.1, 0.15) is 64.4 Å². The van der Waals surface area contributed by atoms with E-state index in [0.717, 1.165) is 31.2 Å². The summed E-state index contributed by atoms with van der Waals surface area (Å²) in [5.74, 6) is -0.178. The van der Waals surface area contributed by atoms with Gasteiger partial charge in [-0.05, 0) is 50.3 Å². The fourth-order valence-electron chi connectivity index (χ4n) is 4.20. The van der Waals surface area contributed by atoms with E-state index in [4.69, 9.17) is 0 Å². The monoisotopic (exact) mass is 443 g/mol. The summed E-state index contributed by atoms with van der Waals surface area (Å²) in [7, 11) is 0. The van der Waals surface area contributed by atoms with Gasteiger partial charge in [-0.3, -0.25) is 4.79 Å². The van der Waals surface area contributed by atoms with Crippen LogP contribution in [0.3, 0.4) is 0 Å². The van der Waals surface area contributed by atoms with Gasteiger partial charge in [0.15, 0.2) is 0 Å². The molecular weight excluding hydrogens is 406 g/mol. The molecular formula is C24H37N5O3. The number of nitrogens with one attached hydrogen (secondary N) is 4. The van der Waals surface area contributed by atoms with Gasteiger partial charge in [0.25, 0.3) is 0 Å². The molecule has 1 aliphatic heterocycles. The lowest BCUT2D eigenvalue weighted by atomic mass is 9.96. The van der Waals surface area contributed by atoms with E-state index in [9.17, 15) is 14.4 Å². The average molecular weight is 444 g/mol. The van der Waals surface area contributed by atoms with Crippen molar-refractivity contribution in [1.82, 2.24) is 15.5 Å². The second-order valence-corrected chi connectivity index (χ2v) is 9.32. The molecule has 8 nitrogen and oxygen atoms in total. The molecule has 0 unspecified atom stereocenters. The molecule has 2 fully saturated rings. The van der Waals surface area contributed by atoms with Gasteiger partial charge >= 0.3 is 12.1 Å². The van der Waals surface area contributed by atoms with Crippen molar-refractivity contribution in [3.8, 4) is 0 Å². The number of carbonyl (C=O) groups is 3. The number of hydrogen-bond donors (Lipinski definition) is 4. The number of aryl methyl sites for hydroxylation is 1. The van der Waals surface area contributed by atoms with Crippen LogP contribution in [0.5, 0.6) is 0 Å². The van der Waals surface area contributed by atoms with Crippen LogP contribution in [-0.2, 0) is 4.79 Å². The van der Waals surface area contributed by atoms with Crippen LogP contribution in [0, 0.1) is 12.8 Å². The topological polar surface area (TPSA) is 103 Å². The molecule has 176 valence electrons. The second kappa shape index (κ2) is 11.2. The van der Waals surface area contributed by atoms with Gasteiger partial charge in [-0.25, -0.2) is 9.59 Å². The SMILES string of the molecule is Cc1ccc(NC(=O)C(C)C)cc1NC(=O)N1CCC(NC(=O)NC2CCCCC2)CC1. The average Bonchev–Trinajstić information content (AvgIpc) is 2.77. The van der Waals surface area contributed by atoms with Crippen LogP contribution in [-0.4, -0.2) is 48.0 Å². The number of rotatable bonds is 5. The predicted octanol–water partition coefficient (Wildman–Crippen LogP) is 4.22. The lowest BCUT2D eigenvalue weighted by molar-refractivity contribution is -0.118. The van der Waals surface area contributed by atoms with Gasteiger partial charge in [0, 0.05) is 42.5 Å². The molecule has 2 aliphatic rings. The van der Waals surface area contributed by atoms with Crippen LogP contribution >= 0.6 is 0 Å². The molecule has 0 spiro atoms. The molecule has 8 heteroatoms. The molecule has 1 heterocycles. The molecule has 0 radical (unpaired) electrons. The molecule has 0 atom stereocenters. The van der Waals surface area contributed by atoms with Crippen LogP contribution in [0.15, 0.2) is 18.2 Å². The Morgan fingerprint density at radius 3 is 2.16 bits per heavy atom. The first-order valence-corrected chi connectivity index (χ1v) is 11.9. The summed E-state index contributed by atoms with van der Waals surface area (Å²) in [6.07, 6.45) is 7.22. The number of urea groups is 2. The second-order valence-electron chi connectivity index (χ2n) is 9.32. The lowest BCUT2D eigenvalue weighted by Crippen LogP contribution is -2.51. The maximum absolute atomic E-state index is 12.8. The third-order valence-corrected chi connectivity index (χ3v) is 6.33. The Morgan fingerprint density at radius 1 is 0.906 bits per heavy atom. The summed E-state index contributed by atoms with van der Waals surface area (Å²) < 4.78 is 0. The molecule has 1 saturated heterocycles. The van der Waals surface area contributed by atoms with Crippen molar-refractivity contribution in [2.75, 3.05) is 23.7 Å². The van der Waals surface area contributed by atoms with E-state index in [2.05, 4.69) is 21.3 Å². The van der Waals surface area contributed by atoms with Gasteiger partial charge in [-0.15, -0.1) is 0 Å². The number of benzene rings is 1. The maximum Gasteiger partial charge on any atom is 0.321 e. The molecule has 1 saturated carbocycles. The quantitative estimate of drug-likeness (QED) is 0.548. The Bertz CT molecular complexity index is 812. The van der Waals surface area contributed by atoms with E-state index in [1.165, 1.54) is 19.3 Å². The first kappa shape index (κ1) is 23.9. The third-order valence-electron chi connectivity index (χ3n) is 6.33. The van der Waals surface area contributed by atoms with Gasteiger partial charge in [0.05, 0.1) is 0 Å². The summed E-state index contributed by atoms with van der Waals surface area (Å²) in [6.45, 7) is 6.77. The first-order valence-electron chi connectivity index (χ1n) is 11.9. The van der Waals surface area contributed by atoms with Crippen molar-refractivity contribution in [3.63, 3.8) is 0 Å². The van der Waals surface area contributed by atoms with Crippen LogP contribution in [0.25, 0.3) is 0 Å². The molecule has 5 amide bonds. The van der Waals surface area contributed by atoms with Crippen molar-refractivity contribution in [3.05, 3.63) is 23.8 Å². The number of likely N-dealkylation sites (tertiary alicyclic amines) is 1.